The predicted molar refractivity (Wildman–Crippen MR) is 123 cm³/mol. The molecule has 2 aromatic heterocycles. The number of ether oxygens (including phenoxy) is 1. The molecule has 0 aliphatic carbocycles. The quantitative estimate of drug-likeness (QED) is 0.602. The predicted octanol–water partition coefficient (Wildman–Crippen LogP) is 2.21. The van der Waals surface area contributed by atoms with Crippen molar-refractivity contribution in [3.63, 3.8) is 0 Å². The summed E-state index contributed by atoms with van der Waals surface area (Å²) in [5, 5.41) is 7.75. The Hall–Kier alpha value is -3.24. The van der Waals surface area contributed by atoms with E-state index in [4.69, 9.17) is 10.5 Å². The highest BCUT2D eigenvalue weighted by Crippen LogP contribution is 2.20. The topological polar surface area (TPSA) is 110 Å². The third-order valence-electron chi connectivity index (χ3n) is 5.84. The van der Waals surface area contributed by atoms with Crippen LogP contribution in [-0.2, 0) is 11.3 Å². The van der Waals surface area contributed by atoms with Gasteiger partial charge in [0.2, 0.25) is 17.8 Å². The van der Waals surface area contributed by atoms with Crippen LogP contribution in [0, 0.1) is 0 Å². The standard InChI is InChI=1S/C22H29N9O/c23-20-27-21(25-18-6-4-17(5-7-18)16-29-12-14-32-15-13-29)28-31(20)19-8-9-24-22(26-19)30-10-2-1-3-11-30/h4-9H,1-3,10-16H2,(H3,23,25,27,28). The summed E-state index contributed by atoms with van der Waals surface area (Å²) in [5.74, 6) is 2.03. The summed E-state index contributed by atoms with van der Waals surface area (Å²) in [4.78, 5) is 18.1. The first-order chi connectivity index (χ1) is 15.7. The first-order valence-corrected chi connectivity index (χ1v) is 11.2. The average molecular weight is 436 g/mol. The highest BCUT2D eigenvalue weighted by molar-refractivity contribution is 5.55. The number of nitrogens with zero attached hydrogens (tertiary/aromatic N) is 7. The van der Waals surface area contributed by atoms with Gasteiger partial charge in [-0.05, 0) is 37.0 Å². The van der Waals surface area contributed by atoms with E-state index in [-0.39, 0.29) is 5.95 Å². The van der Waals surface area contributed by atoms with Gasteiger partial charge in [0.05, 0.1) is 13.2 Å². The molecule has 2 aliphatic rings. The number of benzene rings is 1. The highest BCUT2D eigenvalue weighted by Gasteiger charge is 2.16. The van der Waals surface area contributed by atoms with Crippen LogP contribution >= 0.6 is 0 Å². The van der Waals surface area contributed by atoms with Crippen LogP contribution in [0.1, 0.15) is 24.8 Å². The lowest BCUT2D eigenvalue weighted by atomic mass is 10.1. The minimum Gasteiger partial charge on any atom is -0.379 e. The summed E-state index contributed by atoms with van der Waals surface area (Å²) in [6.07, 6.45) is 5.33. The molecule has 3 aromatic rings. The molecule has 0 saturated carbocycles. The largest absolute Gasteiger partial charge is 0.379 e. The Kier molecular flexibility index (Phi) is 6.13. The minimum atomic E-state index is 0.278. The van der Waals surface area contributed by atoms with E-state index in [1.54, 1.807) is 16.9 Å². The molecule has 168 valence electrons. The number of anilines is 4. The fourth-order valence-electron chi connectivity index (χ4n) is 4.09. The van der Waals surface area contributed by atoms with Crippen LogP contribution in [0.5, 0.6) is 0 Å². The second-order valence-electron chi connectivity index (χ2n) is 8.18. The van der Waals surface area contributed by atoms with Gasteiger partial charge in [0.1, 0.15) is 0 Å². The number of nitrogen functional groups attached to an aromatic ring is 1. The van der Waals surface area contributed by atoms with Crippen LogP contribution in [0.3, 0.4) is 0 Å². The molecule has 0 amide bonds. The van der Waals surface area contributed by atoms with Crippen molar-refractivity contribution in [3.8, 4) is 5.82 Å². The summed E-state index contributed by atoms with van der Waals surface area (Å²) in [6.45, 7) is 6.45. The normalized spacial score (nSPS) is 17.4. The van der Waals surface area contributed by atoms with Gasteiger partial charge < -0.3 is 20.7 Å². The van der Waals surface area contributed by atoms with Crippen molar-refractivity contribution in [1.82, 2.24) is 29.6 Å². The van der Waals surface area contributed by atoms with E-state index in [1.165, 1.54) is 24.8 Å². The number of nitrogens with one attached hydrogen (secondary N) is 1. The maximum absolute atomic E-state index is 6.14. The number of piperidine rings is 1. The molecule has 0 radical (unpaired) electrons. The van der Waals surface area contributed by atoms with Crippen molar-refractivity contribution in [3.05, 3.63) is 42.1 Å². The average Bonchev–Trinajstić information content (AvgIpc) is 3.21. The molecule has 4 heterocycles. The molecular formula is C22H29N9O. The second kappa shape index (κ2) is 9.49. The molecular weight excluding hydrogens is 406 g/mol. The third kappa shape index (κ3) is 4.81. The van der Waals surface area contributed by atoms with Crippen LogP contribution in [0.15, 0.2) is 36.5 Å². The first kappa shape index (κ1) is 20.7. The monoisotopic (exact) mass is 435 g/mol. The lowest BCUT2D eigenvalue weighted by molar-refractivity contribution is 0.0342. The fourth-order valence-corrected chi connectivity index (χ4v) is 4.09. The van der Waals surface area contributed by atoms with Gasteiger partial charge in [-0.1, -0.05) is 12.1 Å². The number of morpholine rings is 1. The minimum absolute atomic E-state index is 0.278. The maximum atomic E-state index is 6.14. The zero-order valence-electron chi connectivity index (χ0n) is 18.2. The summed E-state index contributed by atoms with van der Waals surface area (Å²) in [6, 6.07) is 10.1. The molecule has 0 unspecified atom stereocenters. The lowest BCUT2D eigenvalue weighted by Crippen LogP contribution is -2.35. The SMILES string of the molecule is Nc1nc(Nc2ccc(CN3CCOCC3)cc2)nn1-c1ccnc(N2CCCCC2)n1. The van der Waals surface area contributed by atoms with Crippen LogP contribution in [-0.4, -0.2) is 69.0 Å². The number of hydrogen-bond donors (Lipinski definition) is 2. The van der Waals surface area contributed by atoms with E-state index in [9.17, 15) is 0 Å². The molecule has 0 atom stereocenters. The smallest absolute Gasteiger partial charge is 0.248 e. The fraction of sp³-hybridized carbons (Fsp3) is 0.455. The summed E-state index contributed by atoms with van der Waals surface area (Å²) < 4.78 is 6.96. The van der Waals surface area contributed by atoms with Crippen molar-refractivity contribution in [2.45, 2.75) is 25.8 Å². The zero-order chi connectivity index (χ0) is 21.8. The van der Waals surface area contributed by atoms with Gasteiger partial charge in [-0.2, -0.15) is 14.6 Å². The molecule has 1 aromatic carbocycles. The van der Waals surface area contributed by atoms with E-state index >= 15 is 0 Å². The summed E-state index contributed by atoms with van der Waals surface area (Å²) in [7, 11) is 0. The molecule has 0 spiro atoms. The number of hydrogen-bond acceptors (Lipinski definition) is 9. The summed E-state index contributed by atoms with van der Waals surface area (Å²) >= 11 is 0. The van der Waals surface area contributed by atoms with Gasteiger partial charge in [0, 0.05) is 50.7 Å². The van der Waals surface area contributed by atoms with Crippen LogP contribution < -0.4 is 16.0 Å². The van der Waals surface area contributed by atoms with Crippen molar-refractivity contribution in [1.29, 1.82) is 0 Å². The third-order valence-corrected chi connectivity index (χ3v) is 5.84. The van der Waals surface area contributed by atoms with E-state index < -0.39 is 0 Å². The Morgan fingerprint density at radius 1 is 0.938 bits per heavy atom. The van der Waals surface area contributed by atoms with E-state index in [2.05, 4.69) is 47.3 Å². The van der Waals surface area contributed by atoms with E-state index in [0.29, 0.717) is 17.7 Å². The van der Waals surface area contributed by atoms with Crippen LogP contribution in [0.25, 0.3) is 5.82 Å². The van der Waals surface area contributed by atoms with Crippen molar-refractivity contribution in [2.75, 3.05) is 55.3 Å². The number of nitrogens with two attached hydrogens (primary N) is 1. The molecule has 2 saturated heterocycles. The van der Waals surface area contributed by atoms with Gasteiger partial charge in [0.15, 0.2) is 5.82 Å². The molecule has 5 rings (SSSR count). The highest BCUT2D eigenvalue weighted by atomic mass is 16.5. The molecule has 10 heteroatoms. The number of rotatable bonds is 6. The van der Waals surface area contributed by atoms with Crippen LogP contribution in [0.4, 0.5) is 23.5 Å². The first-order valence-electron chi connectivity index (χ1n) is 11.2. The van der Waals surface area contributed by atoms with Gasteiger partial charge in [-0.15, -0.1) is 5.10 Å². The van der Waals surface area contributed by atoms with Gasteiger partial charge in [-0.25, -0.2) is 4.98 Å². The summed E-state index contributed by atoms with van der Waals surface area (Å²) in [5.41, 5.74) is 8.32. The van der Waals surface area contributed by atoms with E-state index in [1.807, 2.05) is 12.1 Å². The van der Waals surface area contributed by atoms with Crippen molar-refractivity contribution >= 4 is 23.5 Å². The Balaban J connectivity index is 1.26. The molecule has 3 N–H and O–H groups in total. The van der Waals surface area contributed by atoms with E-state index in [0.717, 1.165) is 51.6 Å². The second-order valence-corrected chi connectivity index (χ2v) is 8.18. The lowest BCUT2D eigenvalue weighted by Gasteiger charge is -2.26. The molecule has 2 aliphatic heterocycles. The Bertz CT molecular complexity index is 1020. The molecule has 10 nitrogen and oxygen atoms in total. The van der Waals surface area contributed by atoms with Crippen molar-refractivity contribution < 1.29 is 4.74 Å². The van der Waals surface area contributed by atoms with Crippen molar-refractivity contribution in [2.24, 2.45) is 0 Å². The zero-order valence-corrected chi connectivity index (χ0v) is 18.2. The molecule has 2 fully saturated rings. The Morgan fingerprint density at radius 2 is 1.72 bits per heavy atom. The molecule has 32 heavy (non-hydrogen) atoms. The van der Waals surface area contributed by atoms with Gasteiger partial charge >= 0.3 is 0 Å². The number of aromatic nitrogens is 5. The Morgan fingerprint density at radius 3 is 2.50 bits per heavy atom. The van der Waals surface area contributed by atoms with Gasteiger partial charge in [-0.3, -0.25) is 4.90 Å². The van der Waals surface area contributed by atoms with Crippen LogP contribution in [0.2, 0.25) is 0 Å². The maximum Gasteiger partial charge on any atom is 0.248 e. The Labute approximate surface area is 187 Å². The molecule has 0 bridgehead atoms. The van der Waals surface area contributed by atoms with Gasteiger partial charge in [0.25, 0.3) is 0 Å².